The standard InChI is InChI=1S/C18H26N4O3/c1-12(17-20-16(21-25-17)14-7-5-4-6-8-14)19-18(23)22(3)11-15-9-10-24-13(15)2/h9-10,12,14H,4-8,11H2,1-3H3,(H,19,23). The third-order valence-electron chi connectivity index (χ3n) is 4.86. The fraction of sp³-hybridized carbons (Fsp3) is 0.611. The largest absolute Gasteiger partial charge is 0.469 e. The molecule has 1 N–H and O–H groups in total. The summed E-state index contributed by atoms with van der Waals surface area (Å²) in [7, 11) is 1.75. The quantitative estimate of drug-likeness (QED) is 0.887. The summed E-state index contributed by atoms with van der Waals surface area (Å²) < 4.78 is 10.6. The minimum atomic E-state index is -0.328. The van der Waals surface area contributed by atoms with Crippen LogP contribution in [-0.4, -0.2) is 28.1 Å². The Morgan fingerprint density at radius 2 is 2.16 bits per heavy atom. The lowest BCUT2D eigenvalue weighted by Gasteiger charge is -2.19. The summed E-state index contributed by atoms with van der Waals surface area (Å²) in [6.07, 6.45) is 7.59. The molecule has 0 aromatic carbocycles. The lowest BCUT2D eigenvalue weighted by Crippen LogP contribution is -2.38. The topological polar surface area (TPSA) is 84.4 Å². The summed E-state index contributed by atoms with van der Waals surface area (Å²) in [5.74, 6) is 2.45. The van der Waals surface area contributed by atoms with Crippen molar-refractivity contribution in [3.8, 4) is 0 Å². The molecule has 25 heavy (non-hydrogen) atoms. The third kappa shape index (κ3) is 4.21. The summed E-state index contributed by atoms with van der Waals surface area (Å²) in [4.78, 5) is 18.5. The SMILES string of the molecule is Cc1occc1CN(C)C(=O)NC(C)c1nc(C2CCCCC2)no1. The van der Waals surface area contributed by atoms with Crippen molar-refractivity contribution in [2.24, 2.45) is 0 Å². The Balaban J connectivity index is 1.56. The minimum absolute atomic E-state index is 0.189. The molecule has 2 amide bonds. The third-order valence-corrected chi connectivity index (χ3v) is 4.86. The lowest BCUT2D eigenvalue weighted by molar-refractivity contribution is 0.200. The molecule has 1 fully saturated rings. The first-order valence-electron chi connectivity index (χ1n) is 8.92. The van der Waals surface area contributed by atoms with Crippen LogP contribution >= 0.6 is 0 Å². The monoisotopic (exact) mass is 346 g/mol. The first kappa shape index (κ1) is 17.5. The van der Waals surface area contributed by atoms with Gasteiger partial charge < -0.3 is 19.2 Å². The van der Waals surface area contributed by atoms with Gasteiger partial charge in [-0.1, -0.05) is 24.4 Å². The highest BCUT2D eigenvalue weighted by molar-refractivity contribution is 5.74. The van der Waals surface area contributed by atoms with Crippen LogP contribution in [0.2, 0.25) is 0 Å². The Morgan fingerprint density at radius 1 is 1.40 bits per heavy atom. The molecule has 0 bridgehead atoms. The van der Waals surface area contributed by atoms with Gasteiger partial charge in [0.1, 0.15) is 11.8 Å². The Kier molecular flexibility index (Phi) is 5.40. The van der Waals surface area contributed by atoms with E-state index in [2.05, 4.69) is 15.5 Å². The highest BCUT2D eigenvalue weighted by atomic mass is 16.5. The van der Waals surface area contributed by atoms with Crippen molar-refractivity contribution < 1.29 is 13.7 Å². The maximum atomic E-state index is 12.4. The van der Waals surface area contributed by atoms with Crippen LogP contribution in [0.15, 0.2) is 21.3 Å². The van der Waals surface area contributed by atoms with Gasteiger partial charge in [0.2, 0.25) is 5.89 Å². The minimum Gasteiger partial charge on any atom is -0.469 e. The van der Waals surface area contributed by atoms with Crippen molar-refractivity contribution in [2.75, 3.05) is 7.05 Å². The molecule has 0 spiro atoms. The molecule has 7 nitrogen and oxygen atoms in total. The zero-order chi connectivity index (χ0) is 17.8. The fourth-order valence-electron chi connectivity index (χ4n) is 3.21. The summed E-state index contributed by atoms with van der Waals surface area (Å²) in [6.45, 7) is 4.22. The van der Waals surface area contributed by atoms with Gasteiger partial charge in [0.05, 0.1) is 12.8 Å². The van der Waals surface area contributed by atoms with Gasteiger partial charge in [-0.25, -0.2) is 4.79 Å². The molecule has 2 aromatic heterocycles. The molecule has 0 aliphatic heterocycles. The molecule has 3 rings (SSSR count). The zero-order valence-corrected chi connectivity index (χ0v) is 15.1. The number of aryl methyl sites for hydroxylation is 1. The maximum Gasteiger partial charge on any atom is 0.318 e. The van der Waals surface area contributed by atoms with Crippen LogP contribution in [0.3, 0.4) is 0 Å². The summed E-state index contributed by atoms with van der Waals surface area (Å²) in [5, 5.41) is 7.03. The molecule has 1 saturated carbocycles. The van der Waals surface area contributed by atoms with Gasteiger partial charge in [0, 0.05) is 18.5 Å². The fourth-order valence-corrected chi connectivity index (χ4v) is 3.21. The smallest absolute Gasteiger partial charge is 0.318 e. The number of amides is 2. The number of aromatic nitrogens is 2. The molecular weight excluding hydrogens is 320 g/mol. The van der Waals surface area contributed by atoms with Gasteiger partial charge >= 0.3 is 6.03 Å². The predicted octanol–water partition coefficient (Wildman–Crippen LogP) is 3.92. The van der Waals surface area contributed by atoms with E-state index in [4.69, 9.17) is 8.94 Å². The van der Waals surface area contributed by atoms with Gasteiger partial charge in [-0.3, -0.25) is 0 Å². The average Bonchev–Trinajstić information content (AvgIpc) is 3.25. The van der Waals surface area contributed by atoms with Crippen LogP contribution in [0.5, 0.6) is 0 Å². The van der Waals surface area contributed by atoms with Crippen molar-refractivity contribution in [1.29, 1.82) is 0 Å². The highest BCUT2D eigenvalue weighted by Crippen LogP contribution is 2.31. The van der Waals surface area contributed by atoms with Crippen LogP contribution in [0.1, 0.15) is 74.0 Å². The number of nitrogens with zero attached hydrogens (tertiary/aromatic N) is 3. The predicted molar refractivity (Wildman–Crippen MR) is 92.0 cm³/mol. The number of furan rings is 1. The van der Waals surface area contributed by atoms with E-state index in [0.29, 0.717) is 18.4 Å². The number of nitrogens with one attached hydrogen (secondary N) is 1. The maximum absolute atomic E-state index is 12.4. The van der Waals surface area contributed by atoms with Gasteiger partial charge in [0.15, 0.2) is 5.82 Å². The van der Waals surface area contributed by atoms with E-state index in [0.717, 1.165) is 30.0 Å². The molecular formula is C18H26N4O3. The molecule has 1 unspecified atom stereocenters. The summed E-state index contributed by atoms with van der Waals surface area (Å²) in [6, 6.07) is 1.35. The number of rotatable bonds is 5. The van der Waals surface area contributed by atoms with E-state index in [1.165, 1.54) is 19.3 Å². The molecule has 2 aromatic rings. The number of carbonyl (C=O) groups is 1. The van der Waals surface area contributed by atoms with E-state index >= 15 is 0 Å². The van der Waals surface area contributed by atoms with Crippen LogP contribution in [0.4, 0.5) is 4.79 Å². The van der Waals surface area contributed by atoms with Crippen molar-refractivity contribution in [3.05, 3.63) is 35.4 Å². The number of hydrogen-bond acceptors (Lipinski definition) is 5. The van der Waals surface area contributed by atoms with Crippen molar-refractivity contribution >= 4 is 6.03 Å². The van der Waals surface area contributed by atoms with Crippen molar-refractivity contribution in [2.45, 2.75) is 64.5 Å². The molecule has 2 heterocycles. The number of urea groups is 1. The molecule has 1 atom stereocenters. The molecule has 1 aliphatic rings. The van der Waals surface area contributed by atoms with E-state index in [1.54, 1.807) is 18.2 Å². The Hall–Kier alpha value is -2.31. The normalized spacial score (nSPS) is 16.6. The zero-order valence-electron chi connectivity index (χ0n) is 15.1. The number of carbonyl (C=O) groups excluding carboxylic acids is 1. The average molecular weight is 346 g/mol. The summed E-state index contributed by atoms with van der Waals surface area (Å²) in [5.41, 5.74) is 0.989. The Bertz CT molecular complexity index is 703. The lowest BCUT2D eigenvalue weighted by atomic mass is 9.89. The second kappa shape index (κ2) is 7.72. The Labute approximate surface area is 147 Å². The molecule has 0 radical (unpaired) electrons. The first-order valence-corrected chi connectivity index (χ1v) is 8.92. The van der Waals surface area contributed by atoms with Gasteiger partial charge in [-0.05, 0) is 32.8 Å². The molecule has 7 heteroatoms. The summed E-state index contributed by atoms with van der Waals surface area (Å²) >= 11 is 0. The van der Waals surface area contributed by atoms with E-state index in [-0.39, 0.29) is 12.1 Å². The van der Waals surface area contributed by atoms with Crippen molar-refractivity contribution in [1.82, 2.24) is 20.4 Å². The second-order valence-electron chi connectivity index (χ2n) is 6.86. The van der Waals surface area contributed by atoms with Crippen LogP contribution in [0, 0.1) is 6.92 Å². The number of hydrogen-bond donors (Lipinski definition) is 1. The first-order chi connectivity index (χ1) is 12.0. The van der Waals surface area contributed by atoms with E-state index < -0.39 is 0 Å². The Morgan fingerprint density at radius 3 is 2.84 bits per heavy atom. The highest BCUT2D eigenvalue weighted by Gasteiger charge is 2.24. The van der Waals surface area contributed by atoms with Crippen LogP contribution in [0.25, 0.3) is 0 Å². The second-order valence-corrected chi connectivity index (χ2v) is 6.86. The van der Waals surface area contributed by atoms with Crippen molar-refractivity contribution in [3.63, 3.8) is 0 Å². The molecule has 1 aliphatic carbocycles. The van der Waals surface area contributed by atoms with Gasteiger partial charge in [0.25, 0.3) is 0 Å². The molecule has 0 saturated heterocycles. The van der Waals surface area contributed by atoms with Gasteiger partial charge in [-0.2, -0.15) is 4.98 Å². The van der Waals surface area contributed by atoms with Crippen LogP contribution < -0.4 is 5.32 Å². The van der Waals surface area contributed by atoms with E-state index in [9.17, 15) is 4.79 Å². The van der Waals surface area contributed by atoms with E-state index in [1.807, 2.05) is 19.9 Å². The molecule has 136 valence electrons. The van der Waals surface area contributed by atoms with Gasteiger partial charge in [-0.15, -0.1) is 0 Å². The van der Waals surface area contributed by atoms with Crippen LogP contribution in [-0.2, 0) is 6.54 Å².